The molecule has 0 bridgehead atoms. The Labute approximate surface area is 271 Å². The first-order valence-electron chi connectivity index (χ1n) is 14.8. The lowest BCUT2D eigenvalue weighted by Crippen LogP contribution is -2.50. The molecule has 1 aromatic heterocycles. The summed E-state index contributed by atoms with van der Waals surface area (Å²) in [5.41, 5.74) is 5.54. The van der Waals surface area contributed by atoms with Crippen molar-refractivity contribution in [1.82, 2.24) is 9.88 Å². The number of pyridine rings is 1. The summed E-state index contributed by atoms with van der Waals surface area (Å²) in [6.07, 6.45) is 5.67. The SMILES string of the molecule is N#Cc1cncc(COc2cc(O[C@H]3CCc4c(-c5cccc(OCCCN6CC(O)C6)c5Cl)cccc43)c(Cl)cc2C=O)c1. The topological polar surface area (TPSA) is 105 Å². The van der Waals surface area contributed by atoms with Crippen LogP contribution in [0.5, 0.6) is 17.2 Å². The number of aldehydes is 1. The molecular weight excluding hydrogens is 613 g/mol. The molecule has 0 amide bonds. The molecule has 3 aromatic carbocycles. The second kappa shape index (κ2) is 13.9. The normalized spacial score (nSPS) is 16.0. The number of carbonyl (C=O) groups is 1. The van der Waals surface area contributed by atoms with Gasteiger partial charge in [0, 0.05) is 49.2 Å². The highest BCUT2D eigenvalue weighted by molar-refractivity contribution is 6.35. The second-order valence-corrected chi connectivity index (χ2v) is 12.0. The number of hydrogen-bond acceptors (Lipinski definition) is 8. The van der Waals surface area contributed by atoms with E-state index in [0.717, 1.165) is 61.2 Å². The van der Waals surface area contributed by atoms with Gasteiger partial charge in [-0.3, -0.25) is 14.7 Å². The van der Waals surface area contributed by atoms with Crippen LogP contribution in [0.2, 0.25) is 10.0 Å². The van der Waals surface area contributed by atoms with Crippen molar-refractivity contribution in [2.45, 2.75) is 38.1 Å². The minimum absolute atomic E-state index is 0.117. The molecule has 1 N–H and O–H groups in total. The number of hydrogen-bond donors (Lipinski definition) is 1. The van der Waals surface area contributed by atoms with Gasteiger partial charge in [0.15, 0.2) is 6.29 Å². The molecule has 1 fully saturated rings. The highest BCUT2D eigenvalue weighted by Crippen LogP contribution is 2.45. The highest BCUT2D eigenvalue weighted by atomic mass is 35.5. The van der Waals surface area contributed by atoms with Gasteiger partial charge in [-0.15, -0.1) is 0 Å². The second-order valence-electron chi connectivity index (χ2n) is 11.2. The Bertz CT molecular complexity index is 1750. The molecular formula is C35H31Cl2N3O5. The van der Waals surface area contributed by atoms with Gasteiger partial charge < -0.3 is 19.3 Å². The summed E-state index contributed by atoms with van der Waals surface area (Å²) in [7, 11) is 0. The quantitative estimate of drug-likeness (QED) is 0.132. The molecule has 0 spiro atoms. The molecule has 1 aliphatic heterocycles. The van der Waals surface area contributed by atoms with Crippen LogP contribution in [0, 0.1) is 11.3 Å². The van der Waals surface area contributed by atoms with Crippen molar-refractivity contribution < 1.29 is 24.1 Å². The van der Waals surface area contributed by atoms with Crippen LogP contribution in [0.1, 0.15) is 51.6 Å². The van der Waals surface area contributed by atoms with E-state index >= 15 is 0 Å². The first-order chi connectivity index (χ1) is 21.9. The van der Waals surface area contributed by atoms with Crippen molar-refractivity contribution in [3.63, 3.8) is 0 Å². The van der Waals surface area contributed by atoms with E-state index in [4.69, 9.17) is 42.7 Å². The van der Waals surface area contributed by atoms with E-state index in [1.54, 1.807) is 18.3 Å². The third-order valence-corrected chi connectivity index (χ3v) is 8.75. The number of fused-ring (bicyclic) bond motifs is 1. The minimum Gasteiger partial charge on any atom is -0.492 e. The van der Waals surface area contributed by atoms with Crippen LogP contribution in [0.4, 0.5) is 0 Å². The van der Waals surface area contributed by atoms with Crippen LogP contribution in [0.3, 0.4) is 0 Å². The molecule has 230 valence electrons. The molecule has 45 heavy (non-hydrogen) atoms. The average Bonchev–Trinajstić information content (AvgIpc) is 3.45. The highest BCUT2D eigenvalue weighted by Gasteiger charge is 2.29. The Kier molecular flexibility index (Phi) is 9.53. The van der Waals surface area contributed by atoms with Gasteiger partial charge >= 0.3 is 0 Å². The maximum absolute atomic E-state index is 11.8. The predicted octanol–water partition coefficient (Wildman–Crippen LogP) is 6.83. The molecule has 2 heterocycles. The first kappa shape index (κ1) is 30.9. The number of halogens is 2. The van der Waals surface area contributed by atoms with E-state index in [1.807, 2.05) is 24.3 Å². The standard InChI is InChI=1S/C35H31Cl2N3O5/c36-30-13-24(20-41)33(44-21-23-12-22(15-38)16-39-17-23)14-34(30)45-31-9-8-27-26(4-1-5-28(27)31)29-6-2-7-32(35(29)37)43-11-3-10-40-18-25(42)19-40/h1-2,4-7,12-14,16-17,20,25,31,42H,3,8-11,18-19,21H2/t31-/m0/s1. The van der Waals surface area contributed by atoms with E-state index in [1.165, 1.54) is 12.3 Å². The summed E-state index contributed by atoms with van der Waals surface area (Å²) in [4.78, 5) is 18.1. The van der Waals surface area contributed by atoms with Crippen molar-refractivity contribution in [2.24, 2.45) is 0 Å². The van der Waals surface area contributed by atoms with Crippen LogP contribution in [-0.2, 0) is 13.0 Å². The fourth-order valence-corrected chi connectivity index (χ4v) is 6.32. The lowest BCUT2D eigenvalue weighted by molar-refractivity contribution is 0.0000492. The number of nitriles is 1. The zero-order chi connectivity index (χ0) is 31.3. The van der Waals surface area contributed by atoms with E-state index in [9.17, 15) is 9.90 Å². The number of aliphatic hydroxyl groups is 1. The molecule has 4 aromatic rings. The van der Waals surface area contributed by atoms with Crippen LogP contribution >= 0.6 is 23.2 Å². The minimum atomic E-state index is -0.262. The maximum Gasteiger partial charge on any atom is 0.153 e. The van der Waals surface area contributed by atoms with Crippen molar-refractivity contribution >= 4 is 29.5 Å². The molecule has 1 atom stereocenters. The third kappa shape index (κ3) is 6.92. The average molecular weight is 645 g/mol. The van der Waals surface area contributed by atoms with Gasteiger partial charge in [-0.25, -0.2) is 0 Å². The zero-order valence-electron chi connectivity index (χ0n) is 24.4. The fourth-order valence-electron chi connectivity index (χ4n) is 5.82. The number of nitrogens with zero attached hydrogens (tertiary/aromatic N) is 3. The summed E-state index contributed by atoms with van der Waals surface area (Å²) in [5, 5.41) is 19.5. The number of aromatic nitrogens is 1. The zero-order valence-corrected chi connectivity index (χ0v) is 25.9. The Morgan fingerprint density at radius 1 is 1.02 bits per heavy atom. The van der Waals surface area contributed by atoms with Crippen molar-refractivity contribution in [1.29, 1.82) is 5.26 Å². The van der Waals surface area contributed by atoms with E-state index < -0.39 is 0 Å². The van der Waals surface area contributed by atoms with E-state index in [2.05, 4.69) is 28.1 Å². The van der Waals surface area contributed by atoms with Gasteiger partial charge in [0.05, 0.1) is 33.9 Å². The number of benzene rings is 3. The monoisotopic (exact) mass is 643 g/mol. The Morgan fingerprint density at radius 2 is 1.84 bits per heavy atom. The summed E-state index contributed by atoms with van der Waals surface area (Å²) < 4.78 is 18.4. The van der Waals surface area contributed by atoms with E-state index in [-0.39, 0.29) is 18.8 Å². The van der Waals surface area contributed by atoms with Crippen LogP contribution in [0.15, 0.2) is 67.0 Å². The molecule has 2 aliphatic rings. The van der Waals surface area contributed by atoms with Crippen molar-refractivity contribution in [2.75, 3.05) is 26.2 Å². The van der Waals surface area contributed by atoms with Gasteiger partial charge in [0.2, 0.25) is 0 Å². The fraction of sp³-hybridized carbons (Fsp3) is 0.286. The van der Waals surface area contributed by atoms with Crippen molar-refractivity contribution in [3.05, 3.63) is 105 Å². The number of aliphatic hydroxyl groups excluding tert-OH is 1. The summed E-state index contributed by atoms with van der Waals surface area (Å²) in [6.45, 7) is 2.99. The van der Waals surface area contributed by atoms with E-state index in [0.29, 0.717) is 56.9 Å². The number of ether oxygens (including phenoxy) is 3. The molecule has 1 aliphatic carbocycles. The smallest absolute Gasteiger partial charge is 0.153 e. The Hall–Kier alpha value is -4.13. The van der Waals surface area contributed by atoms with Crippen LogP contribution < -0.4 is 14.2 Å². The molecule has 0 saturated carbocycles. The number of rotatable bonds is 12. The van der Waals surface area contributed by atoms with Gasteiger partial charge in [0.1, 0.15) is 36.0 Å². The largest absolute Gasteiger partial charge is 0.492 e. The van der Waals surface area contributed by atoms with Gasteiger partial charge in [-0.1, -0.05) is 53.5 Å². The number of β-amino-alcohol motifs (C(OH)–C–C–N with tert-alkyl or cyclic N) is 1. The first-order valence-corrected chi connectivity index (χ1v) is 15.5. The Balaban J connectivity index is 1.17. The molecule has 0 unspecified atom stereocenters. The molecule has 8 nitrogen and oxygen atoms in total. The maximum atomic E-state index is 11.8. The molecule has 10 heteroatoms. The summed E-state index contributed by atoms with van der Waals surface area (Å²) in [6, 6.07) is 18.9. The van der Waals surface area contributed by atoms with Gasteiger partial charge in [-0.2, -0.15) is 5.26 Å². The number of likely N-dealkylation sites (tertiary alicyclic amines) is 1. The lowest BCUT2D eigenvalue weighted by atomic mass is 9.96. The predicted molar refractivity (Wildman–Crippen MR) is 171 cm³/mol. The van der Waals surface area contributed by atoms with Gasteiger partial charge in [-0.05, 0) is 54.2 Å². The molecule has 6 rings (SSSR count). The summed E-state index contributed by atoms with van der Waals surface area (Å²) >= 11 is 13.5. The van der Waals surface area contributed by atoms with Crippen LogP contribution in [0.25, 0.3) is 11.1 Å². The van der Waals surface area contributed by atoms with Crippen molar-refractivity contribution in [3.8, 4) is 34.4 Å². The molecule has 0 radical (unpaired) electrons. The molecule has 1 saturated heterocycles. The Morgan fingerprint density at radius 3 is 2.64 bits per heavy atom. The summed E-state index contributed by atoms with van der Waals surface area (Å²) in [5.74, 6) is 1.38. The number of carbonyl (C=O) groups excluding carboxylic acids is 1. The van der Waals surface area contributed by atoms with Crippen LogP contribution in [-0.4, -0.2) is 53.6 Å². The van der Waals surface area contributed by atoms with Gasteiger partial charge in [0.25, 0.3) is 0 Å². The third-order valence-electron chi connectivity index (χ3n) is 8.06. The lowest BCUT2D eigenvalue weighted by Gasteiger charge is -2.35.